The van der Waals surface area contributed by atoms with Crippen LogP contribution in [0.5, 0.6) is 11.5 Å². The zero-order valence-electron chi connectivity index (χ0n) is 48.5. The van der Waals surface area contributed by atoms with Crippen LogP contribution in [0.15, 0.2) is 121 Å². The second-order valence-electron chi connectivity index (χ2n) is 25.9. The van der Waals surface area contributed by atoms with E-state index < -0.39 is 35.4 Å². The molecule has 11 heteroatoms. The summed E-state index contributed by atoms with van der Waals surface area (Å²) in [7, 11) is 0. The van der Waals surface area contributed by atoms with Crippen molar-refractivity contribution >= 4 is 5.97 Å². The highest BCUT2D eigenvalue weighted by Gasteiger charge is 2.63. The third-order valence-corrected chi connectivity index (χ3v) is 20.5. The molecule has 5 aliphatic carbocycles. The van der Waals surface area contributed by atoms with Gasteiger partial charge < -0.3 is 52.0 Å². The normalized spacial score (nSPS) is 30.5. The average Bonchev–Trinajstić information content (AvgIpc) is 4.27. The Morgan fingerprint density at radius 1 is 0.827 bits per heavy atom. The minimum absolute atomic E-state index is 0.000410. The summed E-state index contributed by atoms with van der Waals surface area (Å²) in [6.07, 6.45) is 28.3. The molecule has 0 radical (unpaired) electrons. The van der Waals surface area contributed by atoms with E-state index in [1.54, 1.807) is 6.07 Å². The van der Waals surface area contributed by atoms with Crippen molar-refractivity contribution in [2.24, 2.45) is 59.0 Å². The van der Waals surface area contributed by atoms with Crippen LogP contribution in [-0.2, 0) is 11.2 Å². The Morgan fingerprint density at radius 3 is 2.32 bits per heavy atom. The Hall–Kier alpha value is -5.59. The van der Waals surface area contributed by atoms with Gasteiger partial charge in [0, 0.05) is 83.6 Å². The summed E-state index contributed by atoms with van der Waals surface area (Å²) >= 11 is 0. The number of dihydropyridines is 1. The standard InChI is InChI=1S/C70H94N4O7/c1-4-5-8-15-44-24-27-49(63(76)36-44)18-13-14-19-50-28-29-54(62-41-56(48-16-9-6-10-17-48)67(74-62)58-39-53(75)40-64(77)57(58)35-45-22-25-47(26-23-45)43(2)3)60-38-51(34-46-32-33-72-65(71)37-46)59-31-30-55(68(78)66(50)69(79)80)61(70(59,60)81)42-73-52-20-11-7-12-21-52/h6,9-10,16-17,22-27,30-32,37,39-41,43-44,49-52,54-55,59-61,63,66,68,72-78,81H,4-5,7-8,11-15,18-21,28-29,33-36,38,42,71H2,1-3H3,(H,79,80). The van der Waals surface area contributed by atoms with Gasteiger partial charge in [-0.05, 0) is 134 Å². The number of hydrogen-bond acceptors (Lipinski definition) is 9. The molecule has 11 N–H and O–H groups in total. The summed E-state index contributed by atoms with van der Waals surface area (Å²) in [6.45, 7) is 7.64. The first-order valence-corrected chi connectivity index (χ1v) is 31.4. The number of unbranched alkanes of at least 4 members (excludes halogenated alkanes) is 3. The number of phenolic OH excluding ortho intramolecular Hbond substituents is 2. The van der Waals surface area contributed by atoms with Crippen LogP contribution in [-0.4, -0.2) is 78.5 Å². The lowest BCUT2D eigenvalue weighted by Crippen LogP contribution is -2.60. The van der Waals surface area contributed by atoms with Crippen molar-refractivity contribution in [3.05, 3.63) is 143 Å². The van der Waals surface area contributed by atoms with Crippen molar-refractivity contribution < 1.29 is 35.4 Å². The van der Waals surface area contributed by atoms with Crippen LogP contribution in [0, 0.1) is 53.3 Å². The maximum Gasteiger partial charge on any atom is 0.309 e. The highest BCUT2D eigenvalue weighted by atomic mass is 16.4. The molecule has 81 heavy (non-hydrogen) atoms. The first-order chi connectivity index (χ1) is 39.2. The van der Waals surface area contributed by atoms with Crippen molar-refractivity contribution in [3.63, 3.8) is 0 Å². The Bertz CT molecular complexity index is 2860. The van der Waals surface area contributed by atoms with Crippen LogP contribution in [0.1, 0.15) is 171 Å². The molecular weight excluding hydrogens is 1010 g/mol. The maximum atomic E-state index is 14.5. The number of nitrogens with two attached hydrogens (primary N) is 1. The number of phenols is 2. The van der Waals surface area contributed by atoms with E-state index >= 15 is 0 Å². The quantitative estimate of drug-likeness (QED) is 0.0282. The number of hydrogen-bond donors (Lipinski definition) is 10. The third kappa shape index (κ3) is 13.1. The van der Waals surface area contributed by atoms with Crippen molar-refractivity contribution in [3.8, 4) is 33.9 Å². The monoisotopic (exact) mass is 1100 g/mol. The molecular formula is C70H94N4O7. The van der Waals surface area contributed by atoms with Gasteiger partial charge >= 0.3 is 5.97 Å². The number of aliphatic carboxylic acids is 1. The predicted molar refractivity (Wildman–Crippen MR) is 324 cm³/mol. The Morgan fingerprint density at radius 2 is 1.59 bits per heavy atom. The summed E-state index contributed by atoms with van der Waals surface area (Å²) < 4.78 is 0. The molecule has 0 amide bonds. The number of allylic oxidation sites excluding steroid dienone is 3. The number of nitrogens with one attached hydrogen (secondary N) is 3. The molecule has 1 aromatic heterocycles. The number of aromatic nitrogens is 1. The molecule has 2 bridgehead atoms. The Kier molecular flexibility index (Phi) is 19.0. The van der Waals surface area contributed by atoms with Gasteiger partial charge in [-0.25, -0.2) is 0 Å². The lowest BCUT2D eigenvalue weighted by atomic mass is 9.57. The summed E-state index contributed by atoms with van der Waals surface area (Å²) in [5, 5.41) is 80.8. The number of carboxylic acid groups (broad SMARTS) is 1. The molecule has 6 aliphatic rings. The van der Waals surface area contributed by atoms with Crippen molar-refractivity contribution in [1.82, 2.24) is 15.6 Å². The van der Waals surface area contributed by atoms with Crippen molar-refractivity contribution in [2.75, 3.05) is 13.1 Å². The average molecular weight is 1100 g/mol. The summed E-state index contributed by atoms with van der Waals surface area (Å²) in [6, 6.07) is 24.4. The van der Waals surface area contributed by atoms with Crippen LogP contribution < -0.4 is 16.4 Å². The van der Waals surface area contributed by atoms with E-state index in [0.29, 0.717) is 80.4 Å². The lowest BCUT2D eigenvalue weighted by molar-refractivity contribution is -0.160. The van der Waals surface area contributed by atoms with Gasteiger partial charge in [0.25, 0.3) is 0 Å². The number of aromatic hydroxyl groups is 2. The number of aliphatic hydroxyl groups excluding tert-OH is 2. The minimum atomic E-state index is -1.35. The molecule has 0 saturated heterocycles. The molecule has 0 spiro atoms. The molecule has 4 aromatic rings. The van der Waals surface area contributed by atoms with Crippen LogP contribution in [0.2, 0.25) is 0 Å². The van der Waals surface area contributed by atoms with E-state index in [2.05, 4.69) is 109 Å². The third-order valence-electron chi connectivity index (χ3n) is 20.5. The van der Waals surface area contributed by atoms with Crippen LogP contribution in [0.25, 0.3) is 22.4 Å². The van der Waals surface area contributed by atoms with E-state index in [9.17, 15) is 35.4 Å². The van der Waals surface area contributed by atoms with E-state index in [1.807, 2.05) is 24.3 Å². The minimum Gasteiger partial charge on any atom is -0.508 e. The van der Waals surface area contributed by atoms with Crippen LogP contribution in [0.4, 0.5) is 0 Å². The van der Waals surface area contributed by atoms with Crippen LogP contribution >= 0.6 is 0 Å². The molecule has 13 unspecified atom stereocenters. The van der Waals surface area contributed by atoms with Crippen molar-refractivity contribution in [2.45, 2.75) is 178 Å². The molecule has 3 saturated carbocycles. The Balaban J connectivity index is 1.08. The van der Waals surface area contributed by atoms with Crippen molar-refractivity contribution in [1.29, 1.82) is 0 Å². The van der Waals surface area contributed by atoms with Gasteiger partial charge in [-0.15, -0.1) is 0 Å². The number of aromatic amines is 1. The number of carboxylic acids is 1. The van der Waals surface area contributed by atoms with Gasteiger partial charge in [-0.3, -0.25) is 4.79 Å². The maximum absolute atomic E-state index is 14.5. The van der Waals surface area contributed by atoms with Gasteiger partial charge in [-0.1, -0.05) is 157 Å². The fourth-order valence-electron chi connectivity index (χ4n) is 16.1. The number of carbonyl (C=O) groups is 1. The van der Waals surface area contributed by atoms with Crippen LogP contribution in [0.3, 0.4) is 0 Å². The molecule has 3 aromatic carbocycles. The first kappa shape index (κ1) is 58.6. The van der Waals surface area contributed by atoms with Gasteiger partial charge in [0.05, 0.1) is 35.2 Å². The summed E-state index contributed by atoms with van der Waals surface area (Å²) in [5.74, 6) is -3.03. The second kappa shape index (κ2) is 26.3. The molecule has 2 heterocycles. The number of H-pyrrole nitrogens is 1. The van der Waals surface area contributed by atoms with Gasteiger partial charge in [0.1, 0.15) is 11.5 Å². The highest BCUT2D eigenvalue weighted by molar-refractivity contribution is 5.85. The largest absolute Gasteiger partial charge is 0.508 e. The summed E-state index contributed by atoms with van der Waals surface area (Å²) in [4.78, 5) is 18.1. The van der Waals surface area contributed by atoms with E-state index in [0.717, 1.165) is 91.4 Å². The molecule has 436 valence electrons. The molecule has 1 aliphatic heterocycles. The molecule has 3 fully saturated rings. The van der Waals surface area contributed by atoms with E-state index in [-0.39, 0.29) is 59.2 Å². The fraction of sp³-hybridized carbons (Fsp3) is 0.557. The van der Waals surface area contributed by atoms with Gasteiger partial charge in [0.15, 0.2) is 0 Å². The zero-order valence-corrected chi connectivity index (χ0v) is 48.5. The van der Waals surface area contributed by atoms with E-state index in [4.69, 9.17) is 5.73 Å². The van der Waals surface area contributed by atoms with Gasteiger partial charge in [0.2, 0.25) is 0 Å². The number of fused-ring (bicyclic) bond motifs is 1. The molecule has 13 atom stereocenters. The predicted octanol–water partition coefficient (Wildman–Crippen LogP) is 13.2. The first-order valence-electron chi connectivity index (χ1n) is 31.4. The molecule has 11 nitrogen and oxygen atoms in total. The highest BCUT2D eigenvalue weighted by Crippen LogP contribution is 2.62. The SMILES string of the molecule is CCCCCC1C=CC(CCCCC2CCC(c3cc(-c4ccccc4)c(-c4cc(O)cc(O)c4Cc4ccc(C(C)C)cc4)[nH]3)C3CC(CC4=CCNC(N)=C4)C4C=CC(C(O)C2C(=O)O)C(CNC2CCCCC2)C43O)C(O)C1. The fourth-order valence-corrected chi connectivity index (χ4v) is 16.1. The zero-order chi connectivity index (χ0) is 56.8. The van der Waals surface area contributed by atoms with Gasteiger partial charge in [-0.2, -0.15) is 0 Å². The summed E-state index contributed by atoms with van der Waals surface area (Å²) in [5.41, 5.74) is 13.3. The Labute approximate surface area is 482 Å². The number of aliphatic hydroxyl groups is 3. The van der Waals surface area contributed by atoms with E-state index in [1.165, 1.54) is 37.3 Å². The lowest BCUT2D eigenvalue weighted by Gasteiger charge is -2.52. The number of benzene rings is 3. The molecule has 10 rings (SSSR count). The second-order valence-corrected chi connectivity index (χ2v) is 25.9. The topological polar surface area (TPSA) is 204 Å². The number of rotatable bonds is 21. The smallest absolute Gasteiger partial charge is 0.309 e.